The summed E-state index contributed by atoms with van der Waals surface area (Å²) < 4.78 is 0. The van der Waals surface area contributed by atoms with Crippen molar-refractivity contribution >= 4 is 23.4 Å². The SMILES string of the molecule is CC(C)Sc1cccc2c1C(=N)N=C2N. The lowest BCUT2D eigenvalue weighted by Crippen LogP contribution is -2.10. The molecule has 0 aromatic heterocycles. The van der Waals surface area contributed by atoms with Gasteiger partial charge in [-0.25, -0.2) is 4.99 Å². The fourth-order valence-electron chi connectivity index (χ4n) is 1.58. The van der Waals surface area contributed by atoms with Crippen LogP contribution in [0.2, 0.25) is 0 Å². The third kappa shape index (κ3) is 1.77. The molecule has 15 heavy (non-hydrogen) atoms. The normalized spacial score (nSPS) is 14.3. The molecule has 0 radical (unpaired) electrons. The van der Waals surface area contributed by atoms with Gasteiger partial charge in [-0.3, -0.25) is 5.41 Å². The number of amidine groups is 2. The van der Waals surface area contributed by atoms with E-state index in [1.54, 1.807) is 11.8 Å². The Kier molecular flexibility index (Phi) is 2.52. The van der Waals surface area contributed by atoms with Crippen molar-refractivity contribution in [3.8, 4) is 0 Å². The molecule has 1 heterocycles. The second-order valence-corrected chi connectivity index (χ2v) is 5.31. The summed E-state index contributed by atoms with van der Waals surface area (Å²) in [4.78, 5) is 5.08. The molecule has 0 atom stereocenters. The average Bonchev–Trinajstić information content (AvgIpc) is 2.43. The van der Waals surface area contributed by atoms with Crippen molar-refractivity contribution in [3.05, 3.63) is 29.3 Å². The van der Waals surface area contributed by atoms with Gasteiger partial charge >= 0.3 is 0 Å². The van der Waals surface area contributed by atoms with E-state index in [1.807, 2.05) is 18.2 Å². The van der Waals surface area contributed by atoms with Crippen LogP contribution in [0.4, 0.5) is 0 Å². The predicted octanol–water partition coefficient (Wildman–Crippen LogP) is 2.23. The van der Waals surface area contributed by atoms with Crippen molar-refractivity contribution in [2.24, 2.45) is 10.7 Å². The quantitative estimate of drug-likeness (QED) is 0.749. The van der Waals surface area contributed by atoms with Crippen molar-refractivity contribution in [2.75, 3.05) is 0 Å². The lowest BCUT2D eigenvalue weighted by atomic mass is 10.1. The molecule has 0 unspecified atom stereocenters. The first-order chi connectivity index (χ1) is 7.09. The first-order valence-corrected chi connectivity index (χ1v) is 5.70. The molecule has 1 aliphatic rings. The summed E-state index contributed by atoms with van der Waals surface area (Å²) in [7, 11) is 0. The third-order valence-corrected chi connectivity index (χ3v) is 3.20. The zero-order valence-corrected chi connectivity index (χ0v) is 9.56. The van der Waals surface area contributed by atoms with Crippen LogP contribution in [0.25, 0.3) is 0 Å². The van der Waals surface area contributed by atoms with Gasteiger partial charge in [0.05, 0.1) is 0 Å². The molecular formula is C11H13N3S. The molecule has 0 spiro atoms. The monoisotopic (exact) mass is 219 g/mol. The van der Waals surface area contributed by atoms with Crippen LogP contribution in [0.3, 0.4) is 0 Å². The number of nitrogens with zero attached hydrogens (tertiary/aromatic N) is 1. The Morgan fingerprint density at radius 3 is 2.80 bits per heavy atom. The number of nitrogens with one attached hydrogen (secondary N) is 1. The highest BCUT2D eigenvalue weighted by molar-refractivity contribution is 8.00. The Morgan fingerprint density at radius 2 is 2.13 bits per heavy atom. The number of hydrogen-bond donors (Lipinski definition) is 2. The van der Waals surface area contributed by atoms with Crippen molar-refractivity contribution in [1.82, 2.24) is 0 Å². The molecule has 78 valence electrons. The van der Waals surface area contributed by atoms with Crippen LogP contribution >= 0.6 is 11.8 Å². The Hall–Kier alpha value is -1.29. The van der Waals surface area contributed by atoms with Crippen LogP contribution < -0.4 is 5.73 Å². The number of fused-ring (bicyclic) bond motifs is 1. The van der Waals surface area contributed by atoms with E-state index in [0.29, 0.717) is 11.1 Å². The van der Waals surface area contributed by atoms with Gasteiger partial charge in [0.1, 0.15) is 5.84 Å². The van der Waals surface area contributed by atoms with Crippen molar-refractivity contribution in [3.63, 3.8) is 0 Å². The van der Waals surface area contributed by atoms with Crippen LogP contribution in [-0.4, -0.2) is 16.9 Å². The van der Waals surface area contributed by atoms with E-state index in [-0.39, 0.29) is 5.84 Å². The molecule has 0 saturated carbocycles. The molecule has 3 nitrogen and oxygen atoms in total. The molecule has 1 aromatic carbocycles. The molecule has 1 aliphatic heterocycles. The lowest BCUT2D eigenvalue weighted by molar-refractivity contribution is 1.11. The summed E-state index contributed by atoms with van der Waals surface area (Å²) in [6, 6.07) is 5.90. The summed E-state index contributed by atoms with van der Waals surface area (Å²) in [6.45, 7) is 4.26. The Bertz CT molecular complexity index is 449. The van der Waals surface area contributed by atoms with E-state index in [9.17, 15) is 0 Å². The summed E-state index contributed by atoms with van der Waals surface area (Å²) >= 11 is 1.74. The maximum Gasteiger partial charge on any atom is 0.156 e. The maximum atomic E-state index is 7.77. The van der Waals surface area contributed by atoms with Crippen molar-refractivity contribution in [2.45, 2.75) is 24.0 Å². The van der Waals surface area contributed by atoms with Crippen LogP contribution in [0, 0.1) is 5.41 Å². The molecule has 2 rings (SSSR count). The van der Waals surface area contributed by atoms with E-state index in [1.165, 1.54) is 0 Å². The van der Waals surface area contributed by atoms with Gasteiger partial charge in [0.2, 0.25) is 0 Å². The fourth-order valence-corrected chi connectivity index (χ4v) is 2.57. The zero-order chi connectivity index (χ0) is 11.0. The van der Waals surface area contributed by atoms with Gasteiger partial charge in [0, 0.05) is 21.3 Å². The summed E-state index contributed by atoms with van der Waals surface area (Å²) in [6.07, 6.45) is 0. The van der Waals surface area contributed by atoms with E-state index in [4.69, 9.17) is 11.1 Å². The van der Waals surface area contributed by atoms with Gasteiger partial charge in [0.25, 0.3) is 0 Å². The Morgan fingerprint density at radius 1 is 1.40 bits per heavy atom. The minimum atomic E-state index is 0.284. The van der Waals surface area contributed by atoms with Crippen LogP contribution in [-0.2, 0) is 0 Å². The smallest absolute Gasteiger partial charge is 0.156 e. The second kappa shape index (κ2) is 3.70. The summed E-state index contributed by atoms with van der Waals surface area (Å²) in [5.41, 5.74) is 7.51. The van der Waals surface area contributed by atoms with Crippen LogP contribution in [0.5, 0.6) is 0 Å². The molecule has 0 bridgehead atoms. The minimum Gasteiger partial charge on any atom is -0.383 e. The number of hydrogen-bond acceptors (Lipinski definition) is 3. The highest BCUT2D eigenvalue weighted by atomic mass is 32.2. The van der Waals surface area contributed by atoms with Gasteiger partial charge in [-0.2, -0.15) is 0 Å². The van der Waals surface area contributed by atoms with Crippen molar-refractivity contribution < 1.29 is 0 Å². The average molecular weight is 219 g/mol. The molecule has 3 N–H and O–H groups in total. The molecule has 0 saturated heterocycles. The zero-order valence-electron chi connectivity index (χ0n) is 8.74. The molecule has 0 fully saturated rings. The minimum absolute atomic E-state index is 0.284. The fraction of sp³-hybridized carbons (Fsp3) is 0.273. The van der Waals surface area contributed by atoms with Crippen molar-refractivity contribution in [1.29, 1.82) is 5.41 Å². The molecule has 0 aliphatic carbocycles. The van der Waals surface area contributed by atoms with Crippen LogP contribution in [0.15, 0.2) is 28.1 Å². The number of benzene rings is 1. The van der Waals surface area contributed by atoms with Gasteiger partial charge in [-0.15, -0.1) is 11.8 Å². The van der Waals surface area contributed by atoms with Gasteiger partial charge in [0.15, 0.2) is 5.84 Å². The maximum absolute atomic E-state index is 7.77. The number of rotatable bonds is 2. The Labute approximate surface area is 93.3 Å². The summed E-state index contributed by atoms with van der Waals surface area (Å²) in [5.74, 6) is 0.743. The van der Waals surface area contributed by atoms with E-state index < -0.39 is 0 Å². The van der Waals surface area contributed by atoms with Gasteiger partial charge in [-0.1, -0.05) is 26.0 Å². The number of aliphatic imine (C=N–C) groups is 1. The number of thioether (sulfide) groups is 1. The van der Waals surface area contributed by atoms with E-state index in [2.05, 4.69) is 18.8 Å². The van der Waals surface area contributed by atoms with E-state index >= 15 is 0 Å². The third-order valence-electron chi connectivity index (χ3n) is 2.13. The highest BCUT2D eigenvalue weighted by Gasteiger charge is 2.21. The first-order valence-electron chi connectivity index (χ1n) is 4.82. The topological polar surface area (TPSA) is 62.2 Å². The van der Waals surface area contributed by atoms with E-state index in [0.717, 1.165) is 16.0 Å². The number of nitrogens with two attached hydrogens (primary N) is 1. The summed E-state index contributed by atoms with van der Waals surface area (Å²) in [5, 5.41) is 8.26. The first kappa shape index (κ1) is 10.2. The Balaban J connectivity index is 2.49. The molecule has 4 heteroatoms. The van der Waals surface area contributed by atoms with Crippen LogP contribution in [0.1, 0.15) is 25.0 Å². The highest BCUT2D eigenvalue weighted by Crippen LogP contribution is 2.31. The van der Waals surface area contributed by atoms with Gasteiger partial charge < -0.3 is 5.73 Å². The second-order valence-electron chi connectivity index (χ2n) is 3.69. The standard InChI is InChI=1S/C11H13N3S/c1-6(2)15-8-5-3-4-7-9(8)11(13)14-10(7)12/h3-6H,1-2H3,(H3,12,13,14). The molecule has 1 aromatic rings. The predicted molar refractivity (Wildman–Crippen MR) is 65.0 cm³/mol. The largest absolute Gasteiger partial charge is 0.383 e. The lowest BCUT2D eigenvalue weighted by Gasteiger charge is -2.09. The molecular weight excluding hydrogens is 206 g/mol. The molecule has 0 amide bonds. The van der Waals surface area contributed by atoms with Gasteiger partial charge in [-0.05, 0) is 6.07 Å².